The summed E-state index contributed by atoms with van der Waals surface area (Å²) < 4.78 is 5.14. The average Bonchev–Trinajstić information content (AvgIpc) is 2.40. The van der Waals surface area contributed by atoms with Crippen molar-refractivity contribution in [3.05, 3.63) is 54.2 Å². The minimum absolute atomic E-state index is 0.508. The molecule has 0 aliphatic heterocycles. The van der Waals surface area contributed by atoms with E-state index in [9.17, 15) is 4.79 Å². The molecule has 0 saturated heterocycles. The summed E-state index contributed by atoms with van der Waals surface area (Å²) in [5.41, 5.74) is 1.25. The Morgan fingerprint density at radius 1 is 1.15 bits per heavy atom. The van der Waals surface area contributed by atoms with Crippen LogP contribution in [0.5, 0.6) is 5.75 Å². The van der Waals surface area contributed by atoms with E-state index in [1.165, 1.54) is 24.8 Å². The molecule has 4 heteroatoms. The summed E-state index contributed by atoms with van der Waals surface area (Å²) in [5, 5.41) is 2.62. The fraction of sp³-hybridized carbons (Fsp3) is 0.250. The first-order valence-corrected chi connectivity index (χ1v) is 6.81. The van der Waals surface area contributed by atoms with Gasteiger partial charge in [0.15, 0.2) is 0 Å². The topological polar surface area (TPSA) is 51.2 Å². The Balaban J connectivity index is 1.58. The number of carbonyl (C=O) groups excluding carboxylic acids is 1. The smallest absolute Gasteiger partial charge is 0.410 e. The maximum Gasteiger partial charge on any atom is 0.418 e. The Bertz CT molecular complexity index is 577. The first kappa shape index (κ1) is 12.7. The molecular weight excluding hydrogens is 252 g/mol. The summed E-state index contributed by atoms with van der Waals surface area (Å²) in [6, 6.07) is 12.8. The Hall–Kier alpha value is -2.36. The second kappa shape index (κ2) is 5.74. The molecule has 0 radical (unpaired) electrons. The van der Waals surface area contributed by atoms with Crippen molar-refractivity contribution < 1.29 is 9.53 Å². The highest BCUT2D eigenvalue weighted by Crippen LogP contribution is 2.35. The van der Waals surface area contributed by atoms with Gasteiger partial charge in [0.05, 0.1) is 0 Å². The molecule has 2 aromatic rings. The maximum atomic E-state index is 11.7. The van der Waals surface area contributed by atoms with Gasteiger partial charge in [-0.05, 0) is 42.5 Å². The van der Waals surface area contributed by atoms with Gasteiger partial charge in [0.2, 0.25) is 0 Å². The number of hydrogen-bond acceptors (Lipinski definition) is 3. The molecule has 20 heavy (non-hydrogen) atoms. The van der Waals surface area contributed by atoms with E-state index in [1.807, 2.05) is 36.5 Å². The van der Waals surface area contributed by atoms with E-state index in [0.717, 1.165) is 0 Å². The lowest BCUT2D eigenvalue weighted by Crippen LogP contribution is -2.17. The van der Waals surface area contributed by atoms with E-state index in [-0.39, 0.29) is 0 Å². The van der Waals surface area contributed by atoms with Crippen molar-refractivity contribution >= 4 is 11.9 Å². The first-order chi connectivity index (χ1) is 9.81. The third-order valence-electron chi connectivity index (χ3n) is 3.55. The van der Waals surface area contributed by atoms with Crippen LogP contribution in [0.2, 0.25) is 0 Å². The monoisotopic (exact) mass is 268 g/mol. The van der Waals surface area contributed by atoms with E-state index in [1.54, 1.807) is 12.1 Å². The number of nitrogens with one attached hydrogen (secondary N) is 1. The molecule has 3 rings (SSSR count). The molecule has 4 nitrogen and oxygen atoms in total. The molecule has 1 N–H and O–H groups in total. The Kier molecular flexibility index (Phi) is 3.63. The van der Waals surface area contributed by atoms with E-state index in [0.29, 0.717) is 17.5 Å². The number of ether oxygens (including phenoxy) is 1. The minimum Gasteiger partial charge on any atom is -0.410 e. The van der Waals surface area contributed by atoms with Crippen LogP contribution in [0, 0.1) is 0 Å². The van der Waals surface area contributed by atoms with Crippen LogP contribution in [0.3, 0.4) is 0 Å². The van der Waals surface area contributed by atoms with Gasteiger partial charge in [0.25, 0.3) is 0 Å². The number of amides is 1. The lowest BCUT2D eigenvalue weighted by atomic mass is 9.81. The van der Waals surface area contributed by atoms with Crippen LogP contribution in [0.4, 0.5) is 10.6 Å². The number of benzene rings is 1. The predicted octanol–water partition coefficient (Wildman–Crippen LogP) is 3.96. The van der Waals surface area contributed by atoms with Crippen LogP contribution in [-0.2, 0) is 0 Å². The first-order valence-electron chi connectivity index (χ1n) is 6.81. The summed E-state index contributed by atoms with van der Waals surface area (Å²) in [4.78, 5) is 15.9. The number of rotatable bonds is 3. The third-order valence-corrected chi connectivity index (χ3v) is 3.55. The van der Waals surface area contributed by atoms with E-state index in [4.69, 9.17) is 4.74 Å². The van der Waals surface area contributed by atoms with Crippen molar-refractivity contribution in [2.75, 3.05) is 5.32 Å². The molecule has 1 aliphatic rings. The highest BCUT2D eigenvalue weighted by molar-refractivity contribution is 5.85. The summed E-state index contributed by atoms with van der Waals surface area (Å²) in [7, 11) is 0. The number of para-hydroxylation sites is 1. The Morgan fingerprint density at radius 2 is 1.95 bits per heavy atom. The van der Waals surface area contributed by atoms with Crippen LogP contribution in [0.1, 0.15) is 30.7 Å². The van der Waals surface area contributed by atoms with E-state index < -0.39 is 6.09 Å². The fourth-order valence-electron chi connectivity index (χ4n) is 2.19. The summed E-state index contributed by atoms with van der Waals surface area (Å²) in [6.45, 7) is 0. The molecule has 1 aliphatic carbocycles. The van der Waals surface area contributed by atoms with Crippen molar-refractivity contribution in [3.8, 4) is 5.75 Å². The molecule has 0 atom stereocenters. The van der Waals surface area contributed by atoms with Gasteiger partial charge in [-0.2, -0.15) is 0 Å². The lowest BCUT2D eigenvalue weighted by Gasteiger charge is -2.25. The second-order valence-electron chi connectivity index (χ2n) is 4.93. The van der Waals surface area contributed by atoms with Gasteiger partial charge in [0.1, 0.15) is 11.6 Å². The molecule has 0 spiro atoms. The van der Waals surface area contributed by atoms with Gasteiger partial charge in [0, 0.05) is 6.20 Å². The highest BCUT2D eigenvalue weighted by atomic mass is 16.6. The van der Waals surface area contributed by atoms with E-state index in [2.05, 4.69) is 10.3 Å². The normalized spacial score (nSPS) is 14.4. The van der Waals surface area contributed by atoms with Gasteiger partial charge >= 0.3 is 6.09 Å². The predicted molar refractivity (Wildman–Crippen MR) is 76.9 cm³/mol. The van der Waals surface area contributed by atoms with Crippen molar-refractivity contribution in [3.63, 3.8) is 0 Å². The van der Waals surface area contributed by atoms with Crippen molar-refractivity contribution in [2.45, 2.75) is 25.2 Å². The number of pyridine rings is 1. The molecule has 1 amide bonds. The summed E-state index contributed by atoms with van der Waals surface area (Å²) >= 11 is 0. The molecule has 1 saturated carbocycles. The number of nitrogens with zero attached hydrogens (tertiary/aromatic N) is 1. The molecule has 0 bridgehead atoms. The Morgan fingerprint density at radius 3 is 2.55 bits per heavy atom. The highest BCUT2D eigenvalue weighted by Gasteiger charge is 2.19. The molecule has 1 aromatic carbocycles. The zero-order chi connectivity index (χ0) is 13.8. The molecule has 1 heterocycles. The SMILES string of the molecule is O=C(Nc1ccc(C2CCC2)cn1)Oc1ccccc1. The summed E-state index contributed by atoms with van der Waals surface area (Å²) in [5.74, 6) is 1.66. The van der Waals surface area contributed by atoms with Gasteiger partial charge < -0.3 is 4.74 Å². The molecule has 1 aromatic heterocycles. The van der Waals surface area contributed by atoms with Crippen molar-refractivity contribution in [1.29, 1.82) is 0 Å². The molecular formula is C16H16N2O2. The van der Waals surface area contributed by atoms with Crippen molar-refractivity contribution in [1.82, 2.24) is 4.98 Å². The zero-order valence-electron chi connectivity index (χ0n) is 11.1. The minimum atomic E-state index is -0.528. The van der Waals surface area contributed by atoms with Gasteiger partial charge in [-0.15, -0.1) is 0 Å². The number of carbonyl (C=O) groups is 1. The van der Waals surface area contributed by atoms with Crippen molar-refractivity contribution in [2.24, 2.45) is 0 Å². The van der Waals surface area contributed by atoms with Gasteiger partial charge in [-0.3, -0.25) is 5.32 Å². The lowest BCUT2D eigenvalue weighted by molar-refractivity contribution is 0.215. The third kappa shape index (κ3) is 2.96. The standard InChI is InChI=1S/C16H16N2O2/c19-16(20-14-7-2-1-3-8-14)18-15-10-9-13(11-17-15)12-5-4-6-12/h1-3,7-12H,4-6H2,(H,17,18,19). The maximum absolute atomic E-state index is 11.7. The van der Waals surface area contributed by atoms with Crippen LogP contribution < -0.4 is 10.1 Å². The van der Waals surface area contributed by atoms with Crippen LogP contribution in [-0.4, -0.2) is 11.1 Å². The number of hydrogen-bond donors (Lipinski definition) is 1. The second-order valence-corrected chi connectivity index (χ2v) is 4.93. The van der Waals surface area contributed by atoms with Gasteiger partial charge in [-0.25, -0.2) is 9.78 Å². The van der Waals surface area contributed by atoms with Crippen LogP contribution >= 0.6 is 0 Å². The van der Waals surface area contributed by atoms with Gasteiger partial charge in [-0.1, -0.05) is 30.7 Å². The number of anilines is 1. The summed E-state index contributed by atoms with van der Waals surface area (Å²) in [6.07, 6.45) is 5.09. The quantitative estimate of drug-likeness (QED) is 0.916. The molecule has 1 fully saturated rings. The van der Waals surface area contributed by atoms with E-state index >= 15 is 0 Å². The molecule has 102 valence electrons. The van der Waals surface area contributed by atoms with Crippen LogP contribution in [0.25, 0.3) is 0 Å². The molecule has 0 unspecified atom stereocenters. The van der Waals surface area contributed by atoms with Crippen LogP contribution in [0.15, 0.2) is 48.7 Å². The largest absolute Gasteiger partial charge is 0.418 e. The Labute approximate surface area is 117 Å². The zero-order valence-corrected chi connectivity index (χ0v) is 11.1. The fourth-order valence-corrected chi connectivity index (χ4v) is 2.19. The number of aromatic nitrogens is 1. The average molecular weight is 268 g/mol.